The molecule has 3 amide bonds. The minimum absolute atomic E-state index is 0.0659. The minimum atomic E-state index is -0.591. The number of methoxy groups -OCH3 is 1. The molecule has 2 heterocycles. The molecule has 1 aliphatic heterocycles. The molecule has 1 aliphatic rings. The number of benzene rings is 1. The summed E-state index contributed by atoms with van der Waals surface area (Å²) < 4.78 is 11.2. The van der Waals surface area contributed by atoms with Crippen LogP contribution in [0.4, 0.5) is 15.6 Å². The number of carbonyl (C=O) groups is 2. The Labute approximate surface area is 170 Å². The molecule has 0 bridgehead atoms. The van der Waals surface area contributed by atoms with Crippen LogP contribution in [0.2, 0.25) is 0 Å². The molecular formula is C17H21N5O4S2. The SMILES string of the molecule is COc1ccc(NC(=O)NC(=O)CSc2nnc(NC[C@H]3CCCO3)s2)cc1. The molecule has 0 unspecified atom stereocenters. The van der Waals surface area contributed by atoms with Gasteiger partial charge in [-0.15, -0.1) is 10.2 Å². The first-order chi connectivity index (χ1) is 13.6. The van der Waals surface area contributed by atoms with Crippen LogP contribution in [0.25, 0.3) is 0 Å². The quantitative estimate of drug-likeness (QED) is 0.555. The van der Waals surface area contributed by atoms with Crippen molar-refractivity contribution in [1.82, 2.24) is 15.5 Å². The summed E-state index contributed by atoms with van der Waals surface area (Å²) in [4.78, 5) is 23.8. The fourth-order valence-corrected chi connectivity index (χ4v) is 4.03. The highest BCUT2D eigenvalue weighted by atomic mass is 32.2. The van der Waals surface area contributed by atoms with Crippen LogP contribution in [0.15, 0.2) is 28.6 Å². The van der Waals surface area contributed by atoms with Crippen molar-refractivity contribution in [2.24, 2.45) is 0 Å². The first kappa shape index (κ1) is 20.4. The Morgan fingerprint density at radius 1 is 1.32 bits per heavy atom. The summed E-state index contributed by atoms with van der Waals surface area (Å²) in [5.74, 6) is 0.330. The minimum Gasteiger partial charge on any atom is -0.497 e. The van der Waals surface area contributed by atoms with Gasteiger partial charge in [0.2, 0.25) is 11.0 Å². The number of rotatable bonds is 8. The summed E-state index contributed by atoms with van der Waals surface area (Å²) in [6.45, 7) is 1.51. The fraction of sp³-hybridized carbons (Fsp3) is 0.412. The van der Waals surface area contributed by atoms with Gasteiger partial charge in [-0.3, -0.25) is 10.1 Å². The van der Waals surface area contributed by atoms with E-state index in [1.54, 1.807) is 31.4 Å². The van der Waals surface area contributed by atoms with E-state index in [9.17, 15) is 9.59 Å². The van der Waals surface area contributed by atoms with Gasteiger partial charge in [-0.1, -0.05) is 23.1 Å². The van der Waals surface area contributed by atoms with Crippen molar-refractivity contribution in [2.75, 3.05) is 36.6 Å². The monoisotopic (exact) mass is 423 g/mol. The van der Waals surface area contributed by atoms with Gasteiger partial charge in [0.1, 0.15) is 5.75 Å². The Morgan fingerprint density at radius 2 is 2.14 bits per heavy atom. The second kappa shape index (κ2) is 10.2. The fourth-order valence-electron chi connectivity index (χ4n) is 2.47. The van der Waals surface area contributed by atoms with E-state index in [0.717, 1.165) is 19.4 Å². The highest BCUT2D eigenvalue weighted by Gasteiger charge is 2.16. The number of hydrogen-bond acceptors (Lipinski definition) is 9. The number of hydrogen-bond donors (Lipinski definition) is 3. The Morgan fingerprint density at radius 3 is 2.86 bits per heavy atom. The van der Waals surface area contributed by atoms with Crippen LogP contribution in [0.5, 0.6) is 5.75 Å². The maximum absolute atomic E-state index is 11.9. The number of nitrogens with one attached hydrogen (secondary N) is 3. The van der Waals surface area contributed by atoms with E-state index >= 15 is 0 Å². The van der Waals surface area contributed by atoms with E-state index < -0.39 is 11.9 Å². The number of ether oxygens (including phenoxy) is 2. The molecule has 1 saturated heterocycles. The molecule has 0 aliphatic carbocycles. The van der Waals surface area contributed by atoms with Crippen LogP contribution in [0.3, 0.4) is 0 Å². The molecule has 0 spiro atoms. The Balaban J connectivity index is 1.36. The van der Waals surface area contributed by atoms with Crippen molar-refractivity contribution in [3.63, 3.8) is 0 Å². The molecule has 0 saturated carbocycles. The molecule has 1 aromatic heterocycles. The number of nitrogens with zero attached hydrogens (tertiary/aromatic N) is 2. The van der Waals surface area contributed by atoms with Crippen molar-refractivity contribution in [1.29, 1.82) is 0 Å². The zero-order valence-corrected chi connectivity index (χ0v) is 16.9. The molecule has 1 atom stereocenters. The molecule has 9 nitrogen and oxygen atoms in total. The molecule has 28 heavy (non-hydrogen) atoms. The smallest absolute Gasteiger partial charge is 0.325 e. The van der Waals surface area contributed by atoms with Gasteiger partial charge in [-0.2, -0.15) is 0 Å². The number of urea groups is 1. The molecule has 1 aromatic carbocycles. The predicted molar refractivity (Wildman–Crippen MR) is 108 cm³/mol. The number of amides is 3. The maximum atomic E-state index is 11.9. The molecule has 3 N–H and O–H groups in total. The first-order valence-corrected chi connectivity index (χ1v) is 10.5. The number of aromatic nitrogens is 2. The van der Waals surface area contributed by atoms with E-state index in [0.29, 0.717) is 27.5 Å². The van der Waals surface area contributed by atoms with Crippen LogP contribution in [0.1, 0.15) is 12.8 Å². The van der Waals surface area contributed by atoms with E-state index in [4.69, 9.17) is 9.47 Å². The molecular weight excluding hydrogens is 402 g/mol. The van der Waals surface area contributed by atoms with Gasteiger partial charge in [0, 0.05) is 18.8 Å². The third-order valence-electron chi connectivity index (χ3n) is 3.84. The predicted octanol–water partition coefficient (Wildman–Crippen LogP) is 2.58. The van der Waals surface area contributed by atoms with Crippen LogP contribution >= 0.6 is 23.1 Å². The first-order valence-electron chi connectivity index (χ1n) is 8.69. The summed E-state index contributed by atoms with van der Waals surface area (Å²) >= 11 is 2.59. The maximum Gasteiger partial charge on any atom is 0.325 e. The van der Waals surface area contributed by atoms with Gasteiger partial charge in [0.05, 0.1) is 19.0 Å². The molecule has 0 radical (unpaired) electrons. The second-order valence-corrected chi connectivity index (χ2v) is 8.11. The highest BCUT2D eigenvalue weighted by Crippen LogP contribution is 2.25. The average Bonchev–Trinajstić information content (AvgIpc) is 3.37. The second-order valence-electron chi connectivity index (χ2n) is 5.91. The molecule has 1 fully saturated rings. The van der Waals surface area contributed by atoms with Crippen molar-refractivity contribution in [3.05, 3.63) is 24.3 Å². The lowest BCUT2D eigenvalue weighted by atomic mass is 10.2. The summed E-state index contributed by atoms with van der Waals surface area (Å²) in [6, 6.07) is 6.21. The third-order valence-corrected chi connectivity index (χ3v) is 5.85. The summed E-state index contributed by atoms with van der Waals surface area (Å²) in [5.41, 5.74) is 0.560. The standard InChI is InChI=1S/C17H21N5O4S2/c1-25-12-6-4-11(5-7-12)19-15(24)20-14(23)10-27-17-22-21-16(28-17)18-9-13-3-2-8-26-13/h4-7,13H,2-3,8-10H2,1H3,(H,18,21)(H2,19,20,23,24)/t13-/m1/s1. The zero-order chi connectivity index (χ0) is 19.8. The van der Waals surface area contributed by atoms with Crippen molar-refractivity contribution in [2.45, 2.75) is 23.3 Å². The molecule has 2 aromatic rings. The molecule has 150 valence electrons. The summed E-state index contributed by atoms with van der Waals surface area (Å²) in [7, 11) is 1.56. The molecule has 3 rings (SSSR count). The lowest BCUT2D eigenvalue weighted by Crippen LogP contribution is -2.35. The Kier molecular flexibility index (Phi) is 7.46. The number of carbonyl (C=O) groups excluding carboxylic acids is 2. The van der Waals surface area contributed by atoms with Gasteiger partial charge in [-0.05, 0) is 37.1 Å². The van der Waals surface area contributed by atoms with Crippen molar-refractivity contribution in [3.8, 4) is 5.75 Å². The van der Waals surface area contributed by atoms with Crippen LogP contribution in [-0.2, 0) is 9.53 Å². The Hall–Kier alpha value is -2.37. The lowest BCUT2D eigenvalue weighted by molar-refractivity contribution is -0.117. The van der Waals surface area contributed by atoms with Gasteiger partial charge < -0.3 is 20.1 Å². The van der Waals surface area contributed by atoms with Crippen LogP contribution < -0.4 is 20.7 Å². The topological polar surface area (TPSA) is 114 Å². The summed E-state index contributed by atoms with van der Waals surface area (Å²) in [6.07, 6.45) is 2.35. The van der Waals surface area contributed by atoms with E-state index in [1.165, 1.54) is 23.1 Å². The van der Waals surface area contributed by atoms with E-state index in [1.807, 2.05) is 0 Å². The highest BCUT2D eigenvalue weighted by molar-refractivity contribution is 8.01. The van der Waals surface area contributed by atoms with E-state index in [-0.39, 0.29) is 11.9 Å². The molecule has 11 heteroatoms. The Bertz CT molecular complexity index is 793. The summed E-state index contributed by atoms with van der Waals surface area (Å²) in [5, 5.41) is 16.8. The van der Waals surface area contributed by atoms with Gasteiger partial charge >= 0.3 is 6.03 Å². The van der Waals surface area contributed by atoms with Crippen molar-refractivity contribution >= 4 is 45.9 Å². The zero-order valence-electron chi connectivity index (χ0n) is 15.3. The third kappa shape index (κ3) is 6.36. The normalized spacial score (nSPS) is 15.8. The average molecular weight is 424 g/mol. The van der Waals surface area contributed by atoms with Crippen LogP contribution in [-0.4, -0.2) is 54.3 Å². The van der Waals surface area contributed by atoms with E-state index in [2.05, 4.69) is 26.1 Å². The van der Waals surface area contributed by atoms with Gasteiger partial charge in [0.25, 0.3) is 0 Å². The van der Waals surface area contributed by atoms with Crippen LogP contribution in [0, 0.1) is 0 Å². The van der Waals surface area contributed by atoms with Gasteiger partial charge in [0.15, 0.2) is 4.34 Å². The number of anilines is 2. The largest absolute Gasteiger partial charge is 0.497 e. The number of imide groups is 1. The lowest BCUT2D eigenvalue weighted by Gasteiger charge is -2.08. The van der Waals surface area contributed by atoms with Gasteiger partial charge in [-0.25, -0.2) is 4.79 Å². The number of thioether (sulfide) groups is 1. The van der Waals surface area contributed by atoms with Crippen molar-refractivity contribution < 1.29 is 19.1 Å².